The molecule has 0 atom stereocenters. The average molecular weight is 577 g/mol. The molecular formula is C29H25ClN4O5S. The molecule has 9 nitrogen and oxygen atoms in total. The van der Waals surface area contributed by atoms with Crippen molar-refractivity contribution in [3.8, 4) is 0 Å². The lowest BCUT2D eigenvalue weighted by Gasteiger charge is -2.26. The lowest BCUT2D eigenvalue weighted by Crippen LogP contribution is -2.33. The quantitative estimate of drug-likeness (QED) is 0.146. The minimum absolute atomic E-state index is 0.0528. The predicted molar refractivity (Wildman–Crippen MR) is 155 cm³/mol. The third-order valence-corrected chi connectivity index (χ3v) is 8.11. The van der Waals surface area contributed by atoms with E-state index in [0.29, 0.717) is 21.9 Å². The van der Waals surface area contributed by atoms with Gasteiger partial charge in [0.2, 0.25) is 0 Å². The summed E-state index contributed by atoms with van der Waals surface area (Å²) in [5.74, 6) is -0.628. The molecule has 0 aliphatic heterocycles. The Kier molecular flexibility index (Phi) is 8.61. The van der Waals surface area contributed by atoms with Gasteiger partial charge in [0.25, 0.3) is 21.6 Å². The van der Waals surface area contributed by atoms with Crippen molar-refractivity contribution in [2.24, 2.45) is 5.10 Å². The first-order valence-electron chi connectivity index (χ1n) is 12.1. The molecule has 0 saturated carbocycles. The number of hydrogen-bond donors (Lipinski definition) is 1. The maximum atomic E-state index is 13.9. The van der Waals surface area contributed by atoms with Crippen molar-refractivity contribution < 1.29 is 18.1 Å². The molecule has 4 aromatic rings. The van der Waals surface area contributed by atoms with Gasteiger partial charge in [-0.3, -0.25) is 19.2 Å². The second kappa shape index (κ2) is 12.1. The molecule has 0 fully saturated rings. The van der Waals surface area contributed by atoms with Gasteiger partial charge in [-0.25, -0.2) is 13.8 Å². The summed E-state index contributed by atoms with van der Waals surface area (Å²) in [6.45, 7) is 3.45. The zero-order valence-electron chi connectivity index (χ0n) is 21.6. The number of anilines is 1. The van der Waals surface area contributed by atoms with Gasteiger partial charge in [-0.05, 0) is 73.5 Å². The monoisotopic (exact) mass is 576 g/mol. The normalized spacial score (nSPS) is 11.6. The Morgan fingerprint density at radius 1 is 0.950 bits per heavy atom. The molecule has 204 valence electrons. The highest BCUT2D eigenvalue weighted by Crippen LogP contribution is 2.30. The Labute approximate surface area is 236 Å². The van der Waals surface area contributed by atoms with E-state index in [2.05, 4.69) is 10.5 Å². The van der Waals surface area contributed by atoms with E-state index in [9.17, 15) is 23.3 Å². The number of para-hydroxylation sites is 1. The number of hydrazone groups is 1. The van der Waals surface area contributed by atoms with Gasteiger partial charge in [-0.15, -0.1) is 0 Å². The maximum Gasteiger partial charge on any atom is 0.273 e. The summed E-state index contributed by atoms with van der Waals surface area (Å²) in [7, 11) is -4.09. The first-order chi connectivity index (χ1) is 19.1. The molecule has 1 N–H and O–H groups in total. The van der Waals surface area contributed by atoms with Crippen molar-refractivity contribution in [3.63, 3.8) is 0 Å². The topological polar surface area (TPSA) is 122 Å². The number of hydrogen-bond acceptors (Lipinski definition) is 6. The zero-order valence-corrected chi connectivity index (χ0v) is 23.2. The highest BCUT2D eigenvalue weighted by atomic mass is 35.5. The van der Waals surface area contributed by atoms with Gasteiger partial charge < -0.3 is 0 Å². The summed E-state index contributed by atoms with van der Waals surface area (Å²) in [4.78, 5) is 23.8. The van der Waals surface area contributed by atoms with Gasteiger partial charge in [-0.1, -0.05) is 53.6 Å². The molecule has 0 radical (unpaired) electrons. The number of halogens is 1. The van der Waals surface area contributed by atoms with E-state index in [1.165, 1.54) is 46.8 Å². The van der Waals surface area contributed by atoms with Gasteiger partial charge in [0.1, 0.15) is 0 Å². The van der Waals surface area contributed by atoms with Gasteiger partial charge in [0.15, 0.2) is 0 Å². The van der Waals surface area contributed by atoms with E-state index in [-0.39, 0.29) is 28.4 Å². The molecule has 4 rings (SSSR count). The van der Waals surface area contributed by atoms with E-state index in [1.54, 1.807) is 61.5 Å². The third-order valence-electron chi connectivity index (χ3n) is 6.09. The molecule has 0 aromatic heterocycles. The fourth-order valence-electron chi connectivity index (χ4n) is 3.86. The molecule has 1 amide bonds. The number of non-ortho nitro benzene ring substituents is 1. The summed E-state index contributed by atoms with van der Waals surface area (Å²) in [5.41, 5.74) is 5.23. The SMILES string of the molecule is C/C(=N/NC(=O)c1ccccc1N(Cc1ccc(Cl)cc1)S(=O)(=O)c1ccc(C)cc1)c1ccc([N+](=O)[O-])cc1. The number of nitrogens with one attached hydrogen (secondary N) is 1. The fourth-order valence-corrected chi connectivity index (χ4v) is 5.46. The van der Waals surface area contributed by atoms with E-state index in [0.717, 1.165) is 5.56 Å². The lowest BCUT2D eigenvalue weighted by molar-refractivity contribution is -0.384. The van der Waals surface area contributed by atoms with Crippen LogP contribution in [0.15, 0.2) is 107 Å². The van der Waals surface area contributed by atoms with Crippen LogP contribution in [0, 0.1) is 17.0 Å². The van der Waals surface area contributed by atoms with Crippen LogP contribution in [0.3, 0.4) is 0 Å². The molecule has 0 aliphatic carbocycles. The highest BCUT2D eigenvalue weighted by Gasteiger charge is 2.28. The van der Waals surface area contributed by atoms with Crippen LogP contribution in [-0.4, -0.2) is 25.0 Å². The Morgan fingerprint density at radius 2 is 1.57 bits per heavy atom. The Bertz CT molecular complexity index is 1670. The fraction of sp³-hybridized carbons (Fsp3) is 0.103. The van der Waals surface area contributed by atoms with E-state index < -0.39 is 20.9 Å². The van der Waals surface area contributed by atoms with E-state index in [1.807, 2.05) is 6.92 Å². The average Bonchev–Trinajstić information content (AvgIpc) is 2.95. The second-order valence-electron chi connectivity index (χ2n) is 8.91. The number of sulfonamides is 1. The number of benzene rings is 4. The first kappa shape index (κ1) is 28.5. The van der Waals surface area contributed by atoms with Crippen LogP contribution < -0.4 is 9.73 Å². The van der Waals surface area contributed by atoms with Crippen molar-refractivity contribution in [2.75, 3.05) is 4.31 Å². The molecule has 0 aliphatic rings. The van der Waals surface area contributed by atoms with Crippen LogP contribution in [0.1, 0.15) is 34.0 Å². The summed E-state index contributed by atoms with van der Waals surface area (Å²) >= 11 is 6.03. The van der Waals surface area contributed by atoms with Crippen molar-refractivity contribution in [2.45, 2.75) is 25.3 Å². The molecule has 0 heterocycles. The van der Waals surface area contributed by atoms with Gasteiger partial charge in [0.05, 0.1) is 33.3 Å². The van der Waals surface area contributed by atoms with Crippen LogP contribution in [0.2, 0.25) is 5.02 Å². The summed E-state index contributed by atoms with van der Waals surface area (Å²) in [5, 5.41) is 15.6. The van der Waals surface area contributed by atoms with Crippen LogP contribution in [0.5, 0.6) is 0 Å². The van der Waals surface area contributed by atoms with E-state index in [4.69, 9.17) is 11.6 Å². The Hall–Kier alpha value is -4.54. The highest BCUT2D eigenvalue weighted by molar-refractivity contribution is 7.92. The number of nitro benzene ring substituents is 1. The summed E-state index contributed by atoms with van der Waals surface area (Å²) < 4.78 is 29.0. The van der Waals surface area contributed by atoms with Crippen LogP contribution in [0.4, 0.5) is 11.4 Å². The molecule has 11 heteroatoms. The van der Waals surface area contributed by atoms with Crippen molar-refractivity contribution in [3.05, 3.63) is 134 Å². The summed E-state index contributed by atoms with van der Waals surface area (Å²) in [6, 6.07) is 25.4. The van der Waals surface area contributed by atoms with Gasteiger partial charge >= 0.3 is 0 Å². The molecule has 0 bridgehead atoms. The number of amides is 1. The number of nitro groups is 1. The van der Waals surface area contributed by atoms with Crippen LogP contribution in [-0.2, 0) is 16.6 Å². The standard InChI is InChI=1S/C29H25ClN4O5S/c1-20-7-17-26(18-8-20)40(38,39)33(19-22-9-13-24(30)14-10-22)28-6-4-3-5-27(28)29(35)32-31-21(2)23-11-15-25(16-12-23)34(36)37/h3-18H,19H2,1-2H3,(H,32,35)/b31-21-. The number of rotatable bonds is 9. The second-order valence-corrected chi connectivity index (χ2v) is 11.2. The van der Waals surface area contributed by atoms with Crippen molar-refractivity contribution in [1.29, 1.82) is 0 Å². The Morgan fingerprint density at radius 3 is 2.20 bits per heavy atom. The van der Waals surface area contributed by atoms with Crippen LogP contribution >= 0.6 is 11.6 Å². The number of carbonyl (C=O) groups is 1. The minimum Gasteiger partial charge on any atom is -0.267 e. The first-order valence-corrected chi connectivity index (χ1v) is 13.9. The lowest BCUT2D eigenvalue weighted by atomic mass is 10.1. The Balaban J connectivity index is 1.70. The largest absolute Gasteiger partial charge is 0.273 e. The smallest absolute Gasteiger partial charge is 0.267 e. The maximum absolute atomic E-state index is 13.9. The van der Waals surface area contributed by atoms with Gasteiger partial charge in [-0.2, -0.15) is 5.10 Å². The summed E-state index contributed by atoms with van der Waals surface area (Å²) in [6.07, 6.45) is 0. The number of aryl methyl sites for hydroxylation is 1. The predicted octanol–water partition coefficient (Wildman–Crippen LogP) is 6.11. The van der Waals surface area contributed by atoms with E-state index >= 15 is 0 Å². The number of nitrogens with zero attached hydrogens (tertiary/aromatic N) is 3. The van der Waals surface area contributed by atoms with Crippen molar-refractivity contribution >= 4 is 44.6 Å². The van der Waals surface area contributed by atoms with Crippen molar-refractivity contribution in [1.82, 2.24) is 5.43 Å². The number of carbonyl (C=O) groups excluding carboxylic acids is 1. The molecule has 40 heavy (non-hydrogen) atoms. The molecule has 4 aromatic carbocycles. The molecule has 0 saturated heterocycles. The molecular weight excluding hydrogens is 552 g/mol. The zero-order chi connectivity index (χ0) is 28.9. The molecule has 0 spiro atoms. The third kappa shape index (κ3) is 6.53. The minimum atomic E-state index is -4.09. The van der Waals surface area contributed by atoms with Crippen LogP contribution in [0.25, 0.3) is 0 Å². The molecule has 0 unspecified atom stereocenters. The van der Waals surface area contributed by atoms with Gasteiger partial charge in [0, 0.05) is 17.2 Å².